The van der Waals surface area contributed by atoms with Gasteiger partial charge in [0.15, 0.2) is 0 Å². The lowest BCUT2D eigenvalue weighted by Crippen LogP contribution is -2.31. The zero-order valence-electron chi connectivity index (χ0n) is 22.1. The van der Waals surface area contributed by atoms with Crippen LogP contribution in [0.5, 0.6) is 0 Å². The van der Waals surface area contributed by atoms with Gasteiger partial charge in [-0.25, -0.2) is 0 Å². The summed E-state index contributed by atoms with van der Waals surface area (Å²) in [6, 6.07) is 31.3. The van der Waals surface area contributed by atoms with Crippen molar-refractivity contribution in [3.05, 3.63) is 142 Å². The molecule has 4 rings (SSSR count). The van der Waals surface area contributed by atoms with E-state index in [0.29, 0.717) is 25.9 Å². The molecule has 0 radical (unpaired) electrons. The number of hydrogen-bond acceptors (Lipinski definition) is 8. The molecule has 0 bridgehead atoms. The Morgan fingerprint density at radius 3 is 0.732 bits per heavy atom. The summed E-state index contributed by atoms with van der Waals surface area (Å²) in [5.41, 5.74) is 6.28. The van der Waals surface area contributed by atoms with Gasteiger partial charge in [0.25, 0.3) is 25.9 Å². The largest absolute Gasteiger partial charge is 0.463 e. The molecule has 8 nitrogen and oxygen atoms in total. The summed E-state index contributed by atoms with van der Waals surface area (Å²) in [6.45, 7) is 2.27. The third-order valence-corrected chi connectivity index (χ3v) is 6.82. The average molecular weight is 553 g/mol. The van der Waals surface area contributed by atoms with Gasteiger partial charge in [-0.15, -0.1) is 0 Å². The number of carbonyl (C=O) groups excluding carboxylic acids is 4. The van der Waals surface area contributed by atoms with E-state index in [9.17, 15) is 19.2 Å². The lowest BCUT2D eigenvalue weighted by Gasteiger charge is -2.37. The first-order valence-corrected chi connectivity index (χ1v) is 12.7. The highest BCUT2D eigenvalue weighted by atomic mass is 16.5. The minimum atomic E-state index is -0.817. The van der Waals surface area contributed by atoms with E-state index in [1.165, 1.54) is 0 Å². The molecule has 0 amide bonds. The van der Waals surface area contributed by atoms with Crippen LogP contribution in [0.4, 0.5) is 0 Å². The predicted octanol–water partition coefficient (Wildman–Crippen LogP) is 4.76. The minimum absolute atomic E-state index is 0.152. The Balaban J connectivity index is 1.93. The molecule has 0 N–H and O–H groups in total. The number of ether oxygens (including phenoxy) is 4. The summed E-state index contributed by atoms with van der Waals surface area (Å²) in [5, 5.41) is 0. The molecule has 0 saturated heterocycles. The molecular weight excluding hydrogens is 524 g/mol. The lowest BCUT2D eigenvalue weighted by atomic mass is 9.65. The zero-order valence-corrected chi connectivity index (χ0v) is 22.1. The van der Waals surface area contributed by atoms with Gasteiger partial charge in [0.05, 0.1) is 5.41 Å². The van der Waals surface area contributed by atoms with Gasteiger partial charge in [0.1, 0.15) is 26.4 Å². The van der Waals surface area contributed by atoms with Crippen molar-refractivity contribution in [2.75, 3.05) is 0 Å². The Kier molecular flexibility index (Phi) is 9.98. The Bertz CT molecular complexity index is 1200. The molecule has 8 heteroatoms. The molecule has 0 aliphatic heterocycles. The van der Waals surface area contributed by atoms with Gasteiger partial charge in [0, 0.05) is 0 Å². The summed E-state index contributed by atoms with van der Waals surface area (Å²) >= 11 is 0. The number of hydrogen-bond donors (Lipinski definition) is 0. The van der Waals surface area contributed by atoms with Gasteiger partial charge >= 0.3 is 0 Å². The number of benzene rings is 4. The lowest BCUT2D eigenvalue weighted by molar-refractivity contribution is -0.130. The average Bonchev–Trinajstić information content (AvgIpc) is 3.03. The first-order valence-electron chi connectivity index (χ1n) is 12.7. The Hall–Kier alpha value is -5.24. The summed E-state index contributed by atoms with van der Waals surface area (Å²) in [7, 11) is 0. The third kappa shape index (κ3) is 6.67. The van der Waals surface area contributed by atoms with Crippen molar-refractivity contribution in [3.8, 4) is 0 Å². The quantitative estimate of drug-likeness (QED) is 0.111. The van der Waals surface area contributed by atoms with Crippen LogP contribution in [0.2, 0.25) is 0 Å². The highest BCUT2D eigenvalue weighted by Gasteiger charge is 2.38. The SMILES string of the molecule is O=COCc1ccc(C(c2ccc(COC=O)cc2)(c2ccc(COC=O)cc2)c2ccc(COC=O)cc2)cc1. The summed E-state index contributed by atoms with van der Waals surface area (Å²) < 4.78 is 19.8. The van der Waals surface area contributed by atoms with Gasteiger partial charge in [-0.05, 0) is 44.5 Å². The first-order chi connectivity index (χ1) is 20.1. The van der Waals surface area contributed by atoms with Gasteiger partial charge in [0.2, 0.25) is 0 Å². The molecule has 0 aliphatic carbocycles. The monoisotopic (exact) mass is 552 g/mol. The predicted molar refractivity (Wildman–Crippen MR) is 148 cm³/mol. The maximum Gasteiger partial charge on any atom is 0.293 e. The second-order valence-corrected chi connectivity index (χ2v) is 9.17. The highest BCUT2D eigenvalue weighted by Crippen LogP contribution is 2.45. The second-order valence-electron chi connectivity index (χ2n) is 9.17. The van der Waals surface area contributed by atoms with E-state index in [0.717, 1.165) is 44.5 Å². The molecule has 41 heavy (non-hydrogen) atoms. The fourth-order valence-corrected chi connectivity index (χ4v) is 4.92. The summed E-state index contributed by atoms with van der Waals surface area (Å²) in [4.78, 5) is 42.9. The molecule has 0 saturated carbocycles. The smallest absolute Gasteiger partial charge is 0.293 e. The Labute approximate surface area is 237 Å². The molecular formula is C33H28O8. The highest BCUT2D eigenvalue weighted by molar-refractivity contribution is 5.60. The van der Waals surface area contributed by atoms with E-state index in [-0.39, 0.29) is 26.4 Å². The van der Waals surface area contributed by atoms with Crippen molar-refractivity contribution in [1.82, 2.24) is 0 Å². The number of rotatable bonds is 16. The van der Waals surface area contributed by atoms with Crippen LogP contribution in [0, 0.1) is 0 Å². The normalized spacial score (nSPS) is 10.7. The maximum absolute atomic E-state index is 10.7. The molecule has 4 aromatic carbocycles. The molecule has 0 aliphatic rings. The van der Waals surface area contributed by atoms with Crippen molar-refractivity contribution < 1.29 is 38.1 Å². The molecule has 4 aromatic rings. The standard InChI is InChI=1S/C33H28O8/c34-21-38-17-25-1-9-29(10-2-25)33(30-11-3-26(4-12-30)18-39-22-35,31-13-5-27(6-14-31)19-40-23-36)32-15-7-28(8-16-32)20-41-24-37/h1-16,21-24H,17-20H2. The van der Waals surface area contributed by atoms with E-state index < -0.39 is 5.41 Å². The Morgan fingerprint density at radius 2 is 0.561 bits per heavy atom. The summed E-state index contributed by atoms with van der Waals surface area (Å²) in [5.74, 6) is 0. The Morgan fingerprint density at radius 1 is 0.366 bits per heavy atom. The van der Waals surface area contributed by atoms with E-state index >= 15 is 0 Å². The fraction of sp³-hybridized carbons (Fsp3) is 0.152. The van der Waals surface area contributed by atoms with E-state index in [4.69, 9.17) is 18.9 Å². The zero-order chi connectivity index (χ0) is 28.9. The van der Waals surface area contributed by atoms with Crippen molar-refractivity contribution in [2.24, 2.45) is 0 Å². The number of carbonyl (C=O) groups is 4. The van der Waals surface area contributed by atoms with Crippen LogP contribution in [0.15, 0.2) is 97.1 Å². The van der Waals surface area contributed by atoms with Gasteiger partial charge < -0.3 is 18.9 Å². The molecule has 0 fully saturated rings. The third-order valence-electron chi connectivity index (χ3n) is 6.82. The summed E-state index contributed by atoms with van der Waals surface area (Å²) in [6.07, 6.45) is 0. The molecule has 208 valence electrons. The van der Waals surface area contributed by atoms with Crippen molar-refractivity contribution in [3.63, 3.8) is 0 Å². The molecule has 0 spiro atoms. The van der Waals surface area contributed by atoms with E-state index in [1.807, 2.05) is 97.1 Å². The van der Waals surface area contributed by atoms with Crippen LogP contribution in [-0.4, -0.2) is 25.9 Å². The second kappa shape index (κ2) is 14.2. The van der Waals surface area contributed by atoms with Crippen LogP contribution in [0.1, 0.15) is 44.5 Å². The maximum atomic E-state index is 10.7. The molecule has 0 unspecified atom stereocenters. The van der Waals surface area contributed by atoms with Crippen LogP contribution < -0.4 is 0 Å². The van der Waals surface area contributed by atoms with Crippen LogP contribution in [-0.2, 0) is 70.0 Å². The topological polar surface area (TPSA) is 105 Å². The molecule has 0 aromatic heterocycles. The first kappa shape index (κ1) is 28.8. The van der Waals surface area contributed by atoms with Crippen LogP contribution >= 0.6 is 0 Å². The van der Waals surface area contributed by atoms with Crippen molar-refractivity contribution in [1.29, 1.82) is 0 Å². The van der Waals surface area contributed by atoms with E-state index in [1.54, 1.807) is 0 Å². The molecule has 0 atom stereocenters. The molecule has 0 heterocycles. The van der Waals surface area contributed by atoms with Crippen molar-refractivity contribution >= 4 is 25.9 Å². The van der Waals surface area contributed by atoms with Gasteiger partial charge in [-0.1, -0.05) is 97.1 Å². The fourth-order valence-electron chi connectivity index (χ4n) is 4.92. The van der Waals surface area contributed by atoms with Crippen LogP contribution in [0.25, 0.3) is 0 Å². The van der Waals surface area contributed by atoms with Crippen molar-refractivity contribution in [2.45, 2.75) is 31.8 Å². The minimum Gasteiger partial charge on any atom is -0.463 e. The van der Waals surface area contributed by atoms with E-state index in [2.05, 4.69) is 0 Å². The van der Waals surface area contributed by atoms with Crippen LogP contribution in [0.3, 0.4) is 0 Å². The van der Waals surface area contributed by atoms with Gasteiger partial charge in [-0.3, -0.25) is 19.2 Å². The van der Waals surface area contributed by atoms with Gasteiger partial charge in [-0.2, -0.15) is 0 Å².